The molecule has 1 amide bonds. The monoisotopic (exact) mass is 397 g/mol. The van der Waals surface area contributed by atoms with E-state index in [0.29, 0.717) is 29.4 Å². The van der Waals surface area contributed by atoms with Crippen molar-refractivity contribution in [3.8, 4) is 5.88 Å². The second kappa shape index (κ2) is 8.62. The average Bonchev–Trinajstić information content (AvgIpc) is 3.32. The zero-order chi connectivity index (χ0) is 20.2. The number of piperazine rings is 1. The molecule has 1 fully saturated rings. The number of carbonyl (C=O) groups is 1. The largest absolute Gasteiger partial charge is 0.478 e. The van der Waals surface area contributed by atoms with E-state index < -0.39 is 0 Å². The molecule has 4 rings (SSSR count). The number of nitrogens with zero attached hydrogens (tertiary/aromatic N) is 5. The number of nitrogens with one attached hydrogen (secondary N) is 2. The minimum atomic E-state index is -0.255. The standard InChI is InChI=1S/C20H27N7O2/c1-25-9-11-27(12-10-25)7-3-13-29-18-5-4-16-19(23-18)15(14-21-16)20(28)22-17-6-8-26(2)24-17/h4-6,8,14,21H,3,7,9-13H2,1-2H3,(H,22,24,28). The lowest BCUT2D eigenvalue weighted by atomic mass is 10.2. The number of carbonyl (C=O) groups excluding carboxylic acids is 1. The first-order valence-corrected chi connectivity index (χ1v) is 9.91. The van der Waals surface area contributed by atoms with Crippen LogP contribution in [0.2, 0.25) is 0 Å². The fourth-order valence-corrected chi connectivity index (χ4v) is 3.44. The van der Waals surface area contributed by atoms with Crippen molar-refractivity contribution in [2.45, 2.75) is 6.42 Å². The first-order chi connectivity index (χ1) is 14.1. The van der Waals surface area contributed by atoms with Gasteiger partial charge in [-0.25, -0.2) is 4.98 Å². The molecule has 154 valence electrons. The molecule has 1 aliphatic heterocycles. The number of H-pyrrole nitrogens is 1. The van der Waals surface area contributed by atoms with Gasteiger partial charge in [0.25, 0.3) is 5.91 Å². The van der Waals surface area contributed by atoms with Gasteiger partial charge < -0.3 is 24.8 Å². The predicted molar refractivity (Wildman–Crippen MR) is 111 cm³/mol. The fourth-order valence-electron chi connectivity index (χ4n) is 3.44. The Kier molecular flexibility index (Phi) is 5.77. The van der Waals surface area contributed by atoms with Crippen molar-refractivity contribution < 1.29 is 9.53 Å². The Morgan fingerprint density at radius 2 is 2.03 bits per heavy atom. The summed E-state index contributed by atoms with van der Waals surface area (Å²) in [6, 6.07) is 5.46. The molecule has 0 bridgehead atoms. The summed E-state index contributed by atoms with van der Waals surface area (Å²) in [7, 11) is 3.96. The topological polar surface area (TPSA) is 91.3 Å². The second-order valence-corrected chi connectivity index (χ2v) is 7.42. The second-order valence-electron chi connectivity index (χ2n) is 7.42. The number of aromatic amines is 1. The van der Waals surface area contributed by atoms with Crippen molar-refractivity contribution in [1.29, 1.82) is 0 Å². The molecule has 0 aromatic carbocycles. The summed E-state index contributed by atoms with van der Waals surface area (Å²) in [6.45, 7) is 6.09. The maximum atomic E-state index is 12.6. The molecule has 9 heteroatoms. The lowest BCUT2D eigenvalue weighted by Gasteiger charge is -2.32. The van der Waals surface area contributed by atoms with Gasteiger partial charge in [0.1, 0.15) is 5.52 Å². The van der Waals surface area contributed by atoms with Crippen LogP contribution in [0.1, 0.15) is 16.8 Å². The van der Waals surface area contributed by atoms with Gasteiger partial charge in [0, 0.05) is 64.3 Å². The van der Waals surface area contributed by atoms with E-state index in [1.54, 1.807) is 30.2 Å². The van der Waals surface area contributed by atoms with Crippen LogP contribution in [-0.2, 0) is 7.05 Å². The molecule has 29 heavy (non-hydrogen) atoms. The zero-order valence-corrected chi connectivity index (χ0v) is 16.9. The lowest BCUT2D eigenvalue weighted by Crippen LogP contribution is -2.44. The molecule has 0 radical (unpaired) electrons. The maximum Gasteiger partial charge on any atom is 0.260 e. The Hall–Kier alpha value is -2.91. The SMILES string of the molecule is CN1CCN(CCCOc2ccc3[nH]cc(C(=O)Nc4ccn(C)n4)c3n2)CC1. The molecular weight excluding hydrogens is 370 g/mol. The number of fused-ring (bicyclic) bond motifs is 1. The average molecular weight is 397 g/mol. The molecule has 4 heterocycles. The molecule has 0 atom stereocenters. The molecule has 1 aliphatic rings. The Morgan fingerprint density at radius 3 is 2.79 bits per heavy atom. The highest BCUT2D eigenvalue weighted by Gasteiger charge is 2.16. The van der Waals surface area contributed by atoms with Gasteiger partial charge in [-0.05, 0) is 19.5 Å². The number of pyridine rings is 1. The van der Waals surface area contributed by atoms with Crippen LogP contribution in [0.25, 0.3) is 11.0 Å². The van der Waals surface area contributed by atoms with Crippen LogP contribution < -0.4 is 10.1 Å². The highest BCUT2D eigenvalue weighted by Crippen LogP contribution is 2.21. The summed E-state index contributed by atoms with van der Waals surface area (Å²) in [5.41, 5.74) is 1.85. The highest BCUT2D eigenvalue weighted by atomic mass is 16.5. The number of hydrogen-bond donors (Lipinski definition) is 2. The molecule has 2 N–H and O–H groups in total. The Balaban J connectivity index is 1.34. The highest BCUT2D eigenvalue weighted by molar-refractivity contribution is 6.11. The van der Waals surface area contributed by atoms with E-state index in [9.17, 15) is 4.79 Å². The van der Waals surface area contributed by atoms with Crippen molar-refractivity contribution in [1.82, 2.24) is 29.5 Å². The van der Waals surface area contributed by atoms with Crippen molar-refractivity contribution in [3.05, 3.63) is 36.2 Å². The minimum Gasteiger partial charge on any atom is -0.478 e. The smallest absolute Gasteiger partial charge is 0.260 e. The van der Waals surface area contributed by atoms with E-state index in [1.165, 1.54) is 0 Å². The number of hydrogen-bond acceptors (Lipinski definition) is 6. The van der Waals surface area contributed by atoms with Crippen molar-refractivity contribution in [2.75, 3.05) is 51.7 Å². The molecular formula is C20H27N7O2. The third-order valence-corrected chi connectivity index (χ3v) is 5.16. The van der Waals surface area contributed by atoms with Crippen molar-refractivity contribution >= 4 is 22.8 Å². The summed E-state index contributed by atoms with van der Waals surface area (Å²) in [6.07, 6.45) is 4.38. The zero-order valence-electron chi connectivity index (χ0n) is 16.9. The molecule has 0 aliphatic carbocycles. The molecule has 0 unspecified atom stereocenters. The summed E-state index contributed by atoms with van der Waals surface area (Å²) in [5.74, 6) is 0.778. The molecule has 1 saturated heterocycles. The number of anilines is 1. The molecule has 0 spiro atoms. The summed E-state index contributed by atoms with van der Waals surface area (Å²) in [4.78, 5) is 25.0. The van der Waals surface area contributed by atoms with Crippen LogP contribution in [0.3, 0.4) is 0 Å². The van der Waals surface area contributed by atoms with E-state index >= 15 is 0 Å². The van der Waals surface area contributed by atoms with E-state index in [0.717, 1.165) is 44.7 Å². The van der Waals surface area contributed by atoms with Gasteiger partial charge in [0.05, 0.1) is 17.7 Å². The number of rotatable bonds is 7. The van der Waals surface area contributed by atoms with Gasteiger partial charge in [-0.15, -0.1) is 0 Å². The quantitative estimate of drug-likeness (QED) is 0.588. The van der Waals surface area contributed by atoms with Gasteiger partial charge in [0.15, 0.2) is 5.82 Å². The predicted octanol–water partition coefficient (Wildman–Crippen LogP) is 1.56. The van der Waals surface area contributed by atoms with Crippen molar-refractivity contribution in [3.63, 3.8) is 0 Å². The van der Waals surface area contributed by atoms with Crippen LogP contribution in [0, 0.1) is 0 Å². The first kappa shape index (κ1) is 19.4. The van der Waals surface area contributed by atoms with Gasteiger partial charge in [-0.1, -0.05) is 0 Å². The number of amides is 1. The first-order valence-electron chi connectivity index (χ1n) is 9.91. The summed E-state index contributed by atoms with van der Waals surface area (Å²) >= 11 is 0. The molecule has 3 aromatic heterocycles. The number of ether oxygens (including phenoxy) is 1. The number of aromatic nitrogens is 4. The Morgan fingerprint density at radius 1 is 1.21 bits per heavy atom. The van der Waals surface area contributed by atoms with Gasteiger partial charge in [-0.2, -0.15) is 5.10 Å². The third kappa shape index (κ3) is 4.75. The van der Waals surface area contributed by atoms with Gasteiger partial charge in [0.2, 0.25) is 5.88 Å². The van der Waals surface area contributed by atoms with Crippen LogP contribution in [0.5, 0.6) is 5.88 Å². The van der Waals surface area contributed by atoms with Crippen LogP contribution in [-0.4, -0.2) is 81.8 Å². The maximum absolute atomic E-state index is 12.6. The van der Waals surface area contributed by atoms with Crippen LogP contribution in [0.15, 0.2) is 30.6 Å². The Bertz CT molecular complexity index is 972. The summed E-state index contributed by atoms with van der Waals surface area (Å²) < 4.78 is 7.48. The molecule has 9 nitrogen and oxygen atoms in total. The normalized spacial score (nSPS) is 15.7. The molecule has 3 aromatic rings. The summed E-state index contributed by atoms with van der Waals surface area (Å²) in [5, 5.41) is 6.96. The fraction of sp³-hybridized carbons (Fsp3) is 0.450. The van der Waals surface area contributed by atoms with E-state index in [1.807, 2.05) is 12.1 Å². The minimum absolute atomic E-state index is 0.255. The number of aryl methyl sites for hydroxylation is 1. The van der Waals surface area contributed by atoms with E-state index in [4.69, 9.17) is 4.74 Å². The van der Waals surface area contributed by atoms with Crippen LogP contribution >= 0.6 is 0 Å². The lowest BCUT2D eigenvalue weighted by molar-refractivity contribution is 0.102. The molecule has 0 saturated carbocycles. The Labute approximate surface area is 169 Å². The van der Waals surface area contributed by atoms with E-state index in [-0.39, 0.29) is 5.91 Å². The van der Waals surface area contributed by atoms with E-state index in [2.05, 4.69) is 37.2 Å². The number of likely N-dealkylation sites (N-methyl/N-ethyl adjacent to an activating group) is 1. The van der Waals surface area contributed by atoms with Crippen LogP contribution in [0.4, 0.5) is 5.82 Å². The third-order valence-electron chi connectivity index (χ3n) is 5.16. The van der Waals surface area contributed by atoms with Crippen molar-refractivity contribution in [2.24, 2.45) is 7.05 Å². The van der Waals surface area contributed by atoms with Gasteiger partial charge in [-0.3, -0.25) is 9.48 Å². The van der Waals surface area contributed by atoms with Gasteiger partial charge >= 0.3 is 0 Å².